The molecule has 1 aliphatic carbocycles. The van der Waals surface area contributed by atoms with Crippen molar-refractivity contribution in [2.24, 2.45) is 11.8 Å². The lowest BCUT2D eigenvalue weighted by Gasteiger charge is -2.19. The Morgan fingerprint density at radius 2 is 2.06 bits per heavy atom. The number of aliphatic hydroxyl groups excluding tert-OH is 2. The second kappa shape index (κ2) is 6.55. The van der Waals surface area contributed by atoms with Gasteiger partial charge in [-0.05, 0) is 30.8 Å². The Bertz CT molecular complexity index is 389. The standard InChI is InChI=1S/C15H22O3/c1-4-5-7-11-13(10(2)3)12(8-6-9-16)15(18)14(11)17/h4,8,10,13,16-17H,1,5-7,9H2,2-3H3/b12-8+. The third-order valence-electron chi connectivity index (χ3n) is 3.27. The fraction of sp³-hybridized carbons (Fsp3) is 0.533. The Morgan fingerprint density at radius 1 is 1.39 bits per heavy atom. The highest BCUT2D eigenvalue weighted by Crippen LogP contribution is 2.40. The molecule has 1 aliphatic rings. The van der Waals surface area contributed by atoms with Gasteiger partial charge in [-0.2, -0.15) is 0 Å². The maximum Gasteiger partial charge on any atom is 0.223 e. The fourth-order valence-corrected chi connectivity index (χ4v) is 2.49. The number of ketones is 1. The molecule has 0 heterocycles. The summed E-state index contributed by atoms with van der Waals surface area (Å²) in [7, 11) is 0. The molecule has 0 radical (unpaired) electrons. The molecular weight excluding hydrogens is 228 g/mol. The molecule has 0 aromatic heterocycles. The van der Waals surface area contributed by atoms with Crippen LogP contribution in [0, 0.1) is 11.8 Å². The summed E-state index contributed by atoms with van der Waals surface area (Å²) < 4.78 is 0. The van der Waals surface area contributed by atoms with Gasteiger partial charge in [0.25, 0.3) is 0 Å². The molecule has 0 aromatic rings. The molecular formula is C15H22O3. The summed E-state index contributed by atoms with van der Waals surface area (Å²) >= 11 is 0. The normalized spacial score (nSPS) is 22.3. The van der Waals surface area contributed by atoms with Crippen LogP contribution in [-0.2, 0) is 4.79 Å². The number of carbonyl (C=O) groups is 1. The molecule has 0 amide bonds. The first-order valence-electron chi connectivity index (χ1n) is 6.43. The maximum atomic E-state index is 12.0. The van der Waals surface area contributed by atoms with E-state index in [1.807, 2.05) is 13.8 Å². The van der Waals surface area contributed by atoms with Gasteiger partial charge in [0.2, 0.25) is 5.78 Å². The van der Waals surface area contributed by atoms with E-state index in [-0.39, 0.29) is 30.0 Å². The highest BCUT2D eigenvalue weighted by molar-refractivity contribution is 6.10. The minimum Gasteiger partial charge on any atom is -0.504 e. The van der Waals surface area contributed by atoms with Gasteiger partial charge in [0.15, 0.2) is 5.76 Å². The van der Waals surface area contributed by atoms with Crippen LogP contribution in [0.3, 0.4) is 0 Å². The van der Waals surface area contributed by atoms with E-state index in [0.717, 1.165) is 12.0 Å². The zero-order valence-electron chi connectivity index (χ0n) is 11.1. The van der Waals surface area contributed by atoms with Crippen LogP contribution in [0.1, 0.15) is 33.1 Å². The molecule has 0 fully saturated rings. The van der Waals surface area contributed by atoms with E-state index >= 15 is 0 Å². The Kier molecular flexibility index (Phi) is 5.35. The van der Waals surface area contributed by atoms with Crippen molar-refractivity contribution >= 4 is 5.78 Å². The predicted octanol–water partition coefficient (Wildman–Crippen LogP) is 2.93. The first-order chi connectivity index (χ1) is 8.54. The van der Waals surface area contributed by atoms with Gasteiger partial charge in [-0.25, -0.2) is 0 Å². The van der Waals surface area contributed by atoms with E-state index in [4.69, 9.17) is 5.11 Å². The Hall–Kier alpha value is -1.35. The lowest BCUT2D eigenvalue weighted by molar-refractivity contribution is -0.114. The molecule has 1 rings (SSSR count). The van der Waals surface area contributed by atoms with Crippen molar-refractivity contribution in [3.8, 4) is 0 Å². The summed E-state index contributed by atoms with van der Waals surface area (Å²) in [4.78, 5) is 12.0. The molecule has 0 saturated heterocycles. The Morgan fingerprint density at radius 3 is 2.56 bits per heavy atom. The molecule has 2 N–H and O–H groups in total. The first kappa shape index (κ1) is 14.7. The van der Waals surface area contributed by atoms with Crippen LogP contribution in [0.15, 0.2) is 35.6 Å². The van der Waals surface area contributed by atoms with Crippen molar-refractivity contribution in [2.75, 3.05) is 6.61 Å². The Labute approximate surface area is 109 Å². The third-order valence-corrected chi connectivity index (χ3v) is 3.27. The van der Waals surface area contributed by atoms with E-state index in [9.17, 15) is 9.90 Å². The van der Waals surface area contributed by atoms with Gasteiger partial charge in [0.05, 0.1) is 0 Å². The highest BCUT2D eigenvalue weighted by Gasteiger charge is 2.37. The van der Waals surface area contributed by atoms with Gasteiger partial charge >= 0.3 is 0 Å². The zero-order valence-corrected chi connectivity index (χ0v) is 11.1. The summed E-state index contributed by atoms with van der Waals surface area (Å²) in [6, 6.07) is 0. The van der Waals surface area contributed by atoms with Gasteiger partial charge in [-0.1, -0.05) is 26.0 Å². The van der Waals surface area contributed by atoms with Crippen molar-refractivity contribution in [2.45, 2.75) is 33.1 Å². The molecule has 100 valence electrons. The quantitative estimate of drug-likeness (QED) is 0.563. The van der Waals surface area contributed by atoms with E-state index in [1.165, 1.54) is 0 Å². The number of allylic oxidation sites excluding steroid dienone is 3. The van der Waals surface area contributed by atoms with Gasteiger partial charge in [-0.15, -0.1) is 6.58 Å². The van der Waals surface area contributed by atoms with E-state index in [1.54, 1.807) is 12.2 Å². The smallest absolute Gasteiger partial charge is 0.223 e. The lowest BCUT2D eigenvalue weighted by atomic mass is 9.83. The van der Waals surface area contributed by atoms with Gasteiger partial charge < -0.3 is 10.2 Å². The third kappa shape index (κ3) is 2.91. The summed E-state index contributed by atoms with van der Waals surface area (Å²) in [5, 5.41) is 18.8. The molecule has 0 aliphatic heterocycles. The molecule has 3 nitrogen and oxygen atoms in total. The molecule has 1 atom stereocenters. The summed E-state index contributed by atoms with van der Waals surface area (Å²) in [5.74, 6) is -0.145. The van der Waals surface area contributed by atoms with Gasteiger partial charge in [-0.3, -0.25) is 4.79 Å². The van der Waals surface area contributed by atoms with Crippen molar-refractivity contribution in [1.82, 2.24) is 0 Å². The zero-order chi connectivity index (χ0) is 13.7. The lowest BCUT2D eigenvalue weighted by Crippen LogP contribution is -2.13. The fourth-order valence-electron chi connectivity index (χ4n) is 2.49. The van der Waals surface area contributed by atoms with Crippen LogP contribution >= 0.6 is 0 Å². The van der Waals surface area contributed by atoms with Crippen LogP contribution in [0.5, 0.6) is 0 Å². The van der Waals surface area contributed by atoms with Crippen LogP contribution in [-0.4, -0.2) is 22.6 Å². The van der Waals surface area contributed by atoms with Crippen LogP contribution in [0.4, 0.5) is 0 Å². The average molecular weight is 250 g/mol. The van der Waals surface area contributed by atoms with Crippen molar-refractivity contribution in [3.63, 3.8) is 0 Å². The number of rotatable bonds is 6. The second-order valence-electron chi connectivity index (χ2n) is 4.92. The van der Waals surface area contributed by atoms with E-state index in [2.05, 4.69) is 6.58 Å². The molecule has 0 bridgehead atoms. The summed E-state index contributed by atoms with van der Waals surface area (Å²) in [6.45, 7) is 7.76. The first-order valence-corrected chi connectivity index (χ1v) is 6.43. The van der Waals surface area contributed by atoms with Crippen LogP contribution in [0.25, 0.3) is 0 Å². The Balaban J connectivity index is 3.06. The molecule has 0 aromatic carbocycles. The molecule has 0 spiro atoms. The van der Waals surface area contributed by atoms with Crippen LogP contribution < -0.4 is 0 Å². The minimum atomic E-state index is -0.277. The minimum absolute atomic E-state index is 0.0182. The topological polar surface area (TPSA) is 57.5 Å². The van der Waals surface area contributed by atoms with Crippen LogP contribution in [0.2, 0.25) is 0 Å². The molecule has 3 heteroatoms. The largest absolute Gasteiger partial charge is 0.504 e. The summed E-state index contributed by atoms with van der Waals surface area (Å²) in [6.07, 6.45) is 5.41. The number of hydrogen-bond acceptors (Lipinski definition) is 3. The molecule has 1 unspecified atom stereocenters. The SMILES string of the molecule is C=CCCC1=C(O)C(=O)/C(=C/CCO)C1C(C)C. The maximum absolute atomic E-state index is 12.0. The number of aliphatic hydroxyl groups is 2. The van der Waals surface area contributed by atoms with E-state index in [0.29, 0.717) is 18.4 Å². The van der Waals surface area contributed by atoms with Crippen molar-refractivity contribution in [3.05, 3.63) is 35.6 Å². The molecule has 0 saturated carbocycles. The van der Waals surface area contributed by atoms with Gasteiger partial charge in [0, 0.05) is 18.1 Å². The number of hydrogen-bond donors (Lipinski definition) is 2. The van der Waals surface area contributed by atoms with Gasteiger partial charge in [0.1, 0.15) is 0 Å². The monoisotopic (exact) mass is 250 g/mol. The second-order valence-corrected chi connectivity index (χ2v) is 4.92. The molecule has 18 heavy (non-hydrogen) atoms. The average Bonchev–Trinajstić information content (AvgIpc) is 2.57. The number of carbonyl (C=O) groups excluding carboxylic acids is 1. The summed E-state index contributed by atoms with van der Waals surface area (Å²) in [5.41, 5.74) is 1.45. The highest BCUT2D eigenvalue weighted by atomic mass is 16.3. The number of Topliss-reactive ketones (excluding diaryl/α,β-unsaturated/α-hetero) is 1. The van der Waals surface area contributed by atoms with Crippen molar-refractivity contribution in [1.29, 1.82) is 0 Å². The predicted molar refractivity (Wildman–Crippen MR) is 72.2 cm³/mol. The van der Waals surface area contributed by atoms with Crippen molar-refractivity contribution < 1.29 is 15.0 Å². The van der Waals surface area contributed by atoms with E-state index < -0.39 is 0 Å².